The molecule has 0 heterocycles. The Morgan fingerprint density at radius 3 is 0.987 bits per heavy atom. The van der Waals surface area contributed by atoms with Gasteiger partial charge >= 0.3 is 23.9 Å². The maximum atomic E-state index is 13.3. The molecule has 0 aliphatic rings. The lowest BCUT2D eigenvalue weighted by Crippen LogP contribution is -2.11. The van der Waals surface area contributed by atoms with Crippen LogP contribution in [0.3, 0.4) is 0 Å². The molecule has 11 heteroatoms. The number of rotatable bonds is 36. The summed E-state index contributed by atoms with van der Waals surface area (Å²) >= 11 is 6.76. The van der Waals surface area contributed by atoms with Gasteiger partial charge in [-0.15, -0.1) is 0 Å². The fourth-order valence-corrected chi connectivity index (χ4v) is 9.27. The van der Waals surface area contributed by atoms with E-state index in [2.05, 4.69) is 13.8 Å². The summed E-state index contributed by atoms with van der Waals surface area (Å²) < 4.78 is 34.2. The van der Waals surface area contributed by atoms with Gasteiger partial charge in [0.25, 0.3) is 0 Å². The summed E-state index contributed by atoms with van der Waals surface area (Å²) in [7, 11) is 0. The average molecular weight is 1070 g/mol. The number of unbranched alkanes of at least 4 members (excludes halogenated alkanes) is 22. The second kappa shape index (κ2) is 34.2. The Morgan fingerprint density at radius 2 is 0.610 bits per heavy atom. The van der Waals surface area contributed by atoms with Gasteiger partial charge in [0.2, 0.25) is 0 Å². The van der Waals surface area contributed by atoms with Gasteiger partial charge in [0.05, 0.1) is 40.5 Å². The molecule has 0 aliphatic carbocycles. The van der Waals surface area contributed by atoms with E-state index in [4.69, 9.17) is 40.0 Å². The van der Waals surface area contributed by atoms with Gasteiger partial charge in [0.1, 0.15) is 34.5 Å². The van der Waals surface area contributed by atoms with E-state index in [0.29, 0.717) is 46.6 Å². The van der Waals surface area contributed by atoms with Crippen molar-refractivity contribution in [1.82, 2.24) is 0 Å². The van der Waals surface area contributed by atoms with Crippen LogP contribution in [0.5, 0.6) is 34.5 Å². The molecule has 0 spiro atoms. The first-order valence-corrected chi connectivity index (χ1v) is 28.9. The molecule has 0 saturated heterocycles. The minimum Gasteiger partial charge on any atom is -0.494 e. The number of halogens is 1. The van der Waals surface area contributed by atoms with E-state index in [9.17, 15) is 19.2 Å². The summed E-state index contributed by atoms with van der Waals surface area (Å²) in [6, 6.07) is 34.1. The summed E-state index contributed by atoms with van der Waals surface area (Å²) in [4.78, 5) is 52.4. The number of hydrogen-bond acceptors (Lipinski definition) is 10. The predicted octanol–water partition coefficient (Wildman–Crippen LogP) is 18.5. The fraction of sp³-hybridized carbons (Fsp3) is 0.424. The summed E-state index contributed by atoms with van der Waals surface area (Å²) in [5.74, 6) is -0.141. The van der Waals surface area contributed by atoms with Crippen molar-refractivity contribution in [1.29, 1.82) is 0 Å². The highest BCUT2D eigenvalue weighted by atomic mass is 35.5. The summed E-state index contributed by atoms with van der Waals surface area (Å²) in [6.45, 7) is 5.78. The van der Waals surface area contributed by atoms with Crippen LogP contribution in [0, 0.1) is 0 Å². The van der Waals surface area contributed by atoms with Crippen molar-refractivity contribution < 1.29 is 47.6 Å². The van der Waals surface area contributed by atoms with Crippen LogP contribution in [0.1, 0.15) is 209 Å². The number of hydrogen-bond donors (Lipinski definition) is 0. The monoisotopic (exact) mass is 1070 g/mol. The van der Waals surface area contributed by atoms with Gasteiger partial charge < -0.3 is 28.4 Å². The predicted molar refractivity (Wildman–Crippen MR) is 308 cm³/mol. The lowest BCUT2D eigenvalue weighted by molar-refractivity contribution is 0.0719. The Labute approximate surface area is 462 Å². The Kier molecular flexibility index (Phi) is 26.5. The molecule has 0 unspecified atom stereocenters. The van der Waals surface area contributed by atoms with Crippen molar-refractivity contribution in [3.63, 3.8) is 0 Å². The topological polar surface area (TPSA) is 124 Å². The number of benzene rings is 6. The first-order chi connectivity index (χ1) is 37.7. The SMILES string of the molecule is CCCCCCCCCCCCCCOc1ccc(C(=O)Oc2ccc(OC(=O)c3ccc4ccc(OC(=O)c5ccc(OC(=O)c6ccc(OCCCCCCCCCCCCCC)cc6)cc5)c(Cl)c4c3)cc2)cc1. The largest absolute Gasteiger partial charge is 0.494 e. The quantitative estimate of drug-likeness (QED) is 0.0213. The summed E-state index contributed by atoms with van der Waals surface area (Å²) in [5.41, 5.74) is 1.15. The zero-order valence-corrected chi connectivity index (χ0v) is 46.2. The Hall–Kier alpha value is -6.65. The smallest absolute Gasteiger partial charge is 0.343 e. The number of ether oxygens (including phenoxy) is 6. The van der Waals surface area contributed by atoms with Crippen LogP contribution in [-0.4, -0.2) is 37.1 Å². The maximum Gasteiger partial charge on any atom is 0.343 e. The third-order valence-electron chi connectivity index (χ3n) is 13.6. The number of carbonyl (C=O) groups excluding carboxylic acids is 4. The zero-order valence-electron chi connectivity index (χ0n) is 45.5. The van der Waals surface area contributed by atoms with E-state index in [-0.39, 0.29) is 39.1 Å². The lowest BCUT2D eigenvalue weighted by atomic mass is 10.1. The number of esters is 4. The Bertz CT molecular complexity index is 2700. The molecule has 0 aliphatic heterocycles. The van der Waals surface area contributed by atoms with Gasteiger partial charge in [-0.05, 0) is 133 Å². The van der Waals surface area contributed by atoms with E-state index in [1.165, 1.54) is 165 Å². The molecule has 77 heavy (non-hydrogen) atoms. The highest BCUT2D eigenvalue weighted by Crippen LogP contribution is 2.35. The average Bonchev–Trinajstić information content (AvgIpc) is 3.45. The van der Waals surface area contributed by atoms with Crippen molar-refractivity contribution in [3.8, 4) is 34.5 Å². The second-order valence-electron chi connectivity index (χ2n) is 19.9. The minimum atomic E-state index is -0.684. The minimum absolute atomic E-state index is 0.0890. The second-order valence-corrected chi connectivity index (χ2v) is 20.3. The Balaban J connectivity index is 0.881. The summed E-state index contributed by atoms with van der Waals surface area (Å²) in [6.07, 6.45) is 30.9. The van der Waals surface area contributed by atoms with Gasteiger partial charge in [0.15, 0.2) is 0 Å². The number of fused-ring (bicyclic) bond motifs is 1. The zero-order chi connectivity index (χ0) is 54.3. The molecule has 0 atom stereocenters. The van der Waals surface area contributed by atoms with Crippen molar-refractivity contribution in [3.05, 3.63) is 155 Å². The Morgan fingerprint density at radius 1 is 0.325 bits per heavy atom. The van der Waals surface area contributed by atoms with Crippen LogP contribution >= 0.6 is 11.6 Å². The molecular weight excluding hydrogens is 988 g/mol. The van der Waals surface area contributed by atoms with Crippen molar-refractivity contribution in [2.75, 3.05) is 13.2 Å². The van der Waals surface area contributed by atoms with Gasteiger partial charge in [-0.2, -0.15) is 0 Å². The van der Waals surface area contributed by atoms with E-state index < -0.39 is 23.9 Å². The lowest BCUT2D eigenvalue weighted by Gasteiger charge is -2.11. The number of carbonyl (C=O) groups is 4. The molecule has 6 aromatic carbocycles. The molecule has 6 rings (SSSR count). The molecule has 0 N–H and O–H groups in total. The third kappa shape index (κ3) is 21.4. The van der Waals surface area contributed by atoms with Crippen molar-refractivity contribution in [2.24, 2.45) is 0 Å². The normalized spacial score (nSPS) is 11.1. The molecule has 0 saturated carbocycles. The molecule has 0 aromatic heterocycles. The first-order valence-electron chi connectivity index (χ1n) is 28.5. The standard InChI is InChI=1S/C66H79ClO10/c1-3-5-7-9-11-13-15-17-19-21-23-25-47-72-55-36-29-51(30-37-55)63(68)74-57-40-33-53(34-41-57)65(70)77-61-46-35-50-27-28-54(49-60(50)62(61)67)66(71)76-59-44-42-58(43-45-59)75-64(69)52-31-38-56(39-32-52)73-48-26-24-22-20-18-16-14-12-10-8-6-4-2/h27-46,49H,3-26,47-48H2,1-2H3. The van der Waals surface area contributed by atoms with Crippen molar-refractivity contribution >= 4 is 46.3 Å². The van der Waals surface area contributed by atoms with Gasteiger partial charge in [0, 0.05) is 5.39 Å². The molecular formula is C66H79ClO10. The molecule has 10 nitrogen and oxygen atoms in total. The van der Waals surface area contributed by atoms with Crippen LogP contribution in [0.2, 0.25) is 5.02 Å². The maximum absolute atomic E-state index is 13.3. The first kappa shape index (κ1) is 59.6. The van der Waals surface area contributed by atoms with Gasteiger partial charge in [-0.3, -0.25) is 0 Å². The van der Waals surface area contributed by atoms with Crippen LogP contribution in [0.25, 0.3) is 10.8 Å². The van der Waals surface area contributed by atoms with Crippen molar-refractivity contribution in [2.45, 2.75) is 168 Å². The van der Waals surface area contributed by atoms with E-state index in [1.54, 1.807) is 91.0 Å². The van der Waals surface area contributed by atoms with E-state index in [0.717, 1.165) is 25.7 Å². The highest BCUT2D eigenvalue weighted by Gasteiger charge is 2.18. The van der Waals surface area contributed by atoms with Crippen LogP contribution < -0.4 is 28.4 Å². The molecule has 410 valence electrons. The molecule has 0 fully saturated rings. The van der Waals surface area contributed by atoms with Gasteiger partial charge in [-0.1, -0.05) is 179 Å². The summed E-state index contributed by atoms with van der Waals surface area (Å²) in [5, 5.41) is 1.30. The van der Waals surface area contributed by atoms with Crippen LogP contribution in [0.15, 0.2) is 127 Å². The molecule has 0 amide bonds. The van der Waals surface area contributed by atoms with E-state index in [1.807, 2.05) is 0 Å². The highest BCUT2D eigenvalue weighted by molar-refractivity contribution is 6.37. The van der Waals surface area contributed by atoms with Crippen LogP contribution in [0.4, 0.5) is 0 Å². The molecule has 0 radical (unpaired) electrons. The molecule has 6 aromatic rings. The fourth-order valence-electron chi connectivity index (χ4n) is 9.00. The third-order valence-corrected chi connectivity index (χ3v) is 14.0. The van der Waals surface area contributed by atoms with Crippen LogP contribution in [-0.2, 0) is 0 Å². The molecule has 0 bridgehead atoms. The van der Waals surface area contributed by atoms with Gasteiger partial charge in [-0.25, -0.2) is 19.2 Å². The van der Waals surface area contributed by atoms with E-state index >= 15 is 0 Å².